The van der Waals surface area contributed by atoms with E-state index < -0.39 is 5.97 Å². The fourth-order valence-electron chi connectivity index (χ4n) is 1.95. The fourth-order valence-corrected chi connectivity index (χ4v) is 1.95. The number of benzene rings is 1. The fraction of sp³-hybridized carbons (Fsp3) is 0.467. The summed E-state index contributed by atoms with van der Waals surface area (Å²) in [6, 6.07) is 6.91. The van der Waals surface area contributed by atoms with E-state index in [9.17, 15) is 14.7 Å². The minimum absolute atomic E-state index is 0.0359. The number of hydrogen-bond donors (Lipinski definition) is 3. The van der Waals surface area contributed by atoms with Crippen molar-refractivity contribution in [2.45, 2.75) is 45.1 Å². The highest BCUT2D eigenvalue weighted by Gasteiger charge is 2.09. The number of rotatable bonds is 8. The van der Waals surface area contributed by atoms with Gasteiger partial charge in [-0.2, -0.15) is 0 Å². The van der Waals surface area contributed by atoms with Gasteiger partial charge in [-0.1, -0.05) is 18.2 Å². The van der Waals surface area contributed by atoms with Crippen molar-refractivity contribution in [1.29, 1.82) is 0 Å². The highest BCUT2D eigenvalue weighted by Crippen LogP contribution is 2.17. The van der Waals surface area contributed by atoms with E-state index in [1.54, 1.807) is 18.2 Å². The summed E-state index contributed by atoms with van der Waals surface area (Å²) in [4.78, 5) is 22.1. The van der Waals surface area contributed by atoms with Gasteiger partial charge in [-0.3, -0.25) is 9.59 Å². The Balaban J connectivity index is 2.26. The molecule has 0 aliphatic carbocycles. The summed E-state index contributed by atoms with van der Waals surface area (Å²) in [5.41, 5.74) is 0.751. The van der Waals surface area contributed by atoms with E-state index in [4.69, 9.17) is 5.11 Å². The van der Waals surface area contributed by atoms with E-state index in [0.717, 1.165) is 5.56 Å². The molecule has 5 heteroatoms. The van der Waals surface area contributed by atoms with Gasteiger partial charge in [0.25, 0.3) is 0 Å². The molecule has 0 saturated heterocycles. The Kier molecular flexibility index (Phi) is 6.56. The van der Waals surface area contributed by atoms with Crippen molar-refractivity contribution in [3.63, 3.8) is 0 Å². The van der Waals surface area contributed by atoms with Gasteiger partial charge in [-0.15, -0.1) is 0 Å². The van der Waals surface area contributed by atoms with E-state index in [2.05, 4.69) is 5.32 Å². The van der Waals surface area contributed by atoms with Gasteiger partial charge >= 0.3 is 5.97 Å². The summed E-state index contributed by atoms with van der Waals surface area (Å²) in [5.74, 6) is -0.700. The second-order valence-electron chi connectivity index (χ2n) is 4.88. The molecule has 0 fully saturated rings. The molecule has 0 aromatic heterocycles. The first kappa shape index (κ1) is 16.0. The summed E-state index contributed by atoms with van der Waals surface area (Å²) in [5, 5.41) is 20.9. The Bertz CT molecular complexity index is 459. The van der Waals surface area contributed by atoms with Crippen molar-refractivity contribution in [3.8, 4) is 5.75 Å². The molecule has 1 aromatic carbocycles. The lowest BCUT2D eigenvalue weighted by atomic mass is 10.1. The number of carboxylic acids is 1. The number of aryl methyl sites for hydroxylation is 1. The Morgan fingerprint density at radius 2 is 1.95 bits per heavy atom. The number of para-hydroxylation sites is 1. The number of nitrogens with one attached hydrogen (secondary N) is 1. The van der Waals surface area contributed by atoms with Crippen LogP contribution in [-0.2, 0) is 16.0 Å². The lowest BCUT2D eigenvalue weighted by Crippen LogP contribution is -2.32. The zero-order valence-electron chi connectivity index (χ0n) is 11.6. The van der Waals surface area contributed by atoms with E-state index >= 15 is 0 Å². The van der Waals surface area contributed by atoms with E-state index in [-0.39, 0.29) is 24.1 Å². The molecule has 0 bridgehead atoms. The van der Waals surface area contributed by atoms with Gasteiger partial charge in [0.15, 0.2) is 0 Å². The van der Waals surface area contributed by atoms with Gasteiger partial charge in [0.05, 0.1) is 0 Å². The van der Waals surface area contributed by atoms with Crippen LogP contribution < -0.4 is 5.32 Å². The van der Waals surface area contributed by atoms with Gasteiger partial charge in [0.1, 0.15) is 5.75 Å². The largest absolute Gasteiger partial charge is 0.508 e. The number of carboxylic acid groups (broad SMARTS) is 1. The van der Waals surface area contributed by atoms with Crippen LogP contribution in [0.2, 0.25) is 0 Å². The Hall–Kier alpha value is -2.04. The molecule has 1 atom stereocenters. The van der Waals surface area contributed by atoms with Crippen LogP contribution in [-0.4, -0.2) is 28.1 Å². The van der Waals surface area contributed by atoms with Crippen LogP contribution in [0, 0.1) is 0 Å². The molecule has 5 nitrogen and oxygen atoms in total. The minimum atomic E-state index is -0.817. The smallest absolute Gasteiger partial charge is 0.303 e. The van der Waals surface area contributed by atoms with Gasteiger partial charge in [-0.25, -0.2) is 0 Å². The molecule has 110 valence electrons. The van der Waals surface area contributed by atoms with Gasteiger partial charge in [0.2, 0.25) is 5.91 Å². The predicted octanol–water partition coefficient (Wildman–Crippen LogP) is 2.08. The van der Waals surface area contributed by atoms with Crippen LogP contribution in [0.1, 0.15) is 38.2 Å². The average molecular weight is 279 g/mol. The van der Waals surface area contributed by atoms with Crippen LogP contribution in [0.3, 0.4) is 0 Å². The number of phenolic OH excluding ortho intramolecular Hbond substituents is 1. The third-order valence-electron chi connectivity index (χ3n) is 3.05. The van der Waals surface area contributed by atoms with Crippen LogP contribution >= 0.6 is 0 Å². The summed E-state index contributed by atoms with van der Waals surface area (Å²) in [6.07, 6.45) is 2.12. The number of amides is 1. The molecule has 1 rings (SSSR count). The van der Waals surface area contributed by atoms with Gasteiger partial charge in [0, 0.05) is 18.9 Å². The Labute approximate surface area is 118 Å². The minimum Gasteiger partial charge on any atom is -0.508 e. The van der Waals surface area contributed by atoms with Crippen molar-refractivity contribution in [1.82, 2.24) is 5.32 Å². The molecular formula is C15H21NO4. The summed E-state index contributed by atoms with van der Waals surface area (Å²) in [7, 11) is 0. The molecule has 0 heterocycles. The molecule has 1 unspecified atom stereocenters. The van der Waals surface area contributed by atoms with Gasteiger partial charge < -0.3 is 15.5 Å². The highest BCUT2D eigenvalue weighted by atomic mass is 16.4. The average Bonchev–Trinajstić information content (AvgIpc) is 2.37. The monoisotopic (exact) mass is 279 g/mol. The van der Waals surface area contributed by atoms with Crippen LogP contribution in [0.5, 0.6) is 5.75 Å². The normalized spacial score (nSPS) is 11.8. The maximum absolute atomic E-state index is 11.7. The van der Waals surface area contributed by atoms with Crippen molar-refractivity contribution in [3.05, 3.63) is 29.8 Å². The lowest BCUT2D eigenvalue weighted by molar-refractivity contribution is -0.137. The lowest BCUT2D eigenvalue weighted by Gasteiger charge is -2.13. The molecule has 1 aromatic rings. The van der Waals surface area contributed by atoms with E-state index in [0.29, 0.717) is 25.7 Å². The molecule has 0 saturated carbocycles. The maximum atomic E-state index is 11.7. The predicted molar refractivity (Wildman–Crippen MR) is 75.5 cm³/mol. The Morgan fingerprint density at radius 3 is 2.60 bits per heavy atom. The van der Waals surface area contributed by atoms with Crippen molar-refractivity contribution in [2.24, 2.45) is 0 Å². The molecular weight excluding hydrogens is 258 g/mol. The molecule has 0 spiro atoms. The van der Waals surface area contributed by atoms with E-state index in [1.807, 2.05) is 13.0 Å². The van der Waals surface area contributed by atoms with E-state index in [1.165, 1.54) is 0 Å². The second-order valence-corrected chi connectivity index (χ2v) is 4.88. The number of carbonyl (C=O) groups is 2. The summed E-state index contributed by atoms with van der Waals surface area (Å²) in [6.45, 7) is 1.86. The summed E-state index contributed by atoms with van der Waals surface area (Å²) < 4.78 is 0. The second kappa shape index (κ2) is 8.19. The van der Waals surface area contributed by atoms with Crippen molar-refractivity contribution in [2.75, 3.05) is 0 Å². The molecule has 20 heavy (non-hydrogen) atoms. The SMILES string of the molecule is CC(CCCC(=O)O)NC(=O)CCc1ccccc1O. The first-order valence-corrected chi connectivity index (χ1v) is 6.77. The van der Waals surface area contributed by atoms with Crippen LogP contribution in [0.15, 0.2) is 24.3 Å². The van der Waals surface area contributed by atoms with Crippen molar-refractivity contribution >= 4 is 11.9 Å². The van der Waals surface area contributed by atoms with Crippen LogP contribution in [0.25, 0.3) is 0 Å². The topological polar surface area (TPSA) is 86.6 Å². The van der Waals surface area contributed by atoms with Crippen LogP contribution in [0.4, 0.5) is 0 Å². The number of aromatic hydroxyl groups is 1. The first-order chi connectivity index (χ1) is 9.49. The Morgan fingerprint density at radius 1 is 1.25 bits per heavy atom. The third-order valence-corrected chi connectivity index (χ3v) is 3.05. The number of phenols is 1. The zero-order chi connectivity index (χ0) is 15.0. The number of hydrogen-bond acceptors (Lipinski definition) is 3. The standard InChI is InChI=1S/C15H21NO4/c1-11(5-4-8-15(19)20)16-14(18)10-9-12-6-2-3-7-13(12)17/h2-3,6-7,11,17H,4-5,8-10H2,1H3,(H,16,18)(H,19,20). The number of carbonyl (C=O) groups excluding carboxylic acids is 1. The molecule has 0 aliphatic heterocycles. The summed E-state index contributed by atoms with van der Waals surface area (Å²) >= 11 is 0. The zero-order valence-corrected chi connectivity index (χ0v) is 11.6. The first-order valence-electron chi connectivity index (χ1n) is 6.77. The van der Waals surface area contributed by atoms with Crippen molar-refractivity contribution < 1.29 is 19.8 Å². The molecule has 3 N–H and O–H groups in total. The molecule has 1 amide bonds. The maximum Gasteiger partial charge on any atom is 0.303 e. The highest BCUT2D eigenvalue weighted by molar-refractivity contribution is 5.76. The van der Waals surface area contributed by atoms with Gasteiger partial charge in [-0.05, 0) is 37.8 Å². The molecule has 0 radical (unpaired) electrons. The quantitative estimate of drug-likeness (QED) is 0.680. The third kappa shape index (κ3) is 6.22. The number of aliphatic carboxylic acids is 1. The molecule has 0 aliphatic rings.